The van der Waals surface area contributed by atoms with E-state index in [2.05, 4.69) is 20.6 Å². The number of rotatable bonds is 6. The van der Waals surface area contributed by atoms with Gasteiger partial charge in [0.05, 0.1) is 15.5 Å². The van der Waals surface area contributed by atoms with E-state index in [1.165, 1.54) is 18.2 Å². The minimum atomic E-state index is -3.49. The summed E-state index contributed by atoms with van der Waals surface area (Å²) in [4.78, 5) is 20.3. The monoisotopic (exact) mass is 487 g/mol. The first kappa shape index (κ1) is 23.5. The lowest BCUT2D eigenvalue weighted by Gasteiger charge is -2.33. The number of aliphatic hydroxyl groups is 1. The van der Waals surface area contributed by atoms with Gasteiger partial charge in [0.25, 0.3) is 5.91 Å². The van der Waals surface area contributed by atoms with E-state index >= 15 is 0 Å². The number of nitrogens with one attached hydrogen (secondary N) is 2. The minimum Gasteiger partial charge on any atom is -0.390 e. The Balaban J connectivity index is 1.89. The zero-order chi connectivity index (χ0) is 23.0. The summed E-state index contributed by atoms with van der Waals surface area (Å²) in [6.07, 6.45) is 3.75. The lowest BCUT2D eigenvalue weighted by atomic mass is 9.84. The maximum atomic E-state index is 11.9. The van der Waals surface area contributed by atoms with Crippen LogP contribution < -0.4 is 16.4 Å². The smallest absolute Gasteiger partial charge is 0.271 e. The van der Waals surface area contributed by atoms with Crippen molar-refractivity contribution in [2.45, 2.75) is 49.1 Å². The zero-order valence-electron chi connectivity index (χ0n) is 16.9. The van der Waals surface area contributed by atoms with E-state index in [4.69, 9.17) is 28.9 Å². The van der Waals surface area contributed by atoms with Gasteiger partial charge in [-0.3, -0.25) is 4.79 Å². The van der Waals surface area contributed by atoms with E-state index < -0.39 is 21.3 Å². The number of sulfone groups is 1. The van der Waals surface area contributed by atoms with Crippen LogP contribution >= 0.6 is 23.2 Å². The molecule has 0 bridgehead atoms. The molecule has 0 unspecified atom stereocenters. The average molecular weight is 488 g/mol. The molecule has 0 spiro atoms. The second kappa shape index (κ2) is 8.78. The highest BCUT2D eigenvalue weighted by molar-refractivity contribution is 7.90. The van der Waals surface area contributed by atoms with Crippen LogP contribution in [0.15, 0.2) is 23.1 Å². The Labute approximate surface area is 190 Å². The molecule has 1 amide bonds. The Morgan fingerprint density at radius 2 is 1.87 bits per heavy atom. The molecule has 1 aromatic carbocycles. The van der Waals surface area contributed by atoms with Gasteiger partial charge in [0.1, 0.15) is 0 Å². The topological polar surface area (TPSA) is 147 Å². The fourth-order valence-corrected chi connectivity index (χ4v) is 4.87. The molecule has 0 atom stereocenters. The highest BCUT2D eigenvalue weighted by Gasteiger charge is 2.29. The van der Waals surface area contributed by atoms with Crippen LogP contribution in [-0.4, -0.2) is 47.3 Å². The van der Waals surface area contributed by atoms with Crippen molar-refractivity contribution >= 4 is 56.3 Å². The van der Waals surface area contributed by atoms with E-state index in [0.29, 0.717) is 31.4 Å². The van der Waals surface area contributed by atoms with Crippen LogP contribution in [0.2, 0.25) is 10.2 Å². The van der Waals surface area contributed by atoms with Crippen LogP contribution in [0.1, 0.15) is 43.1 Å². The first-order valence-corrected chi connectivity index (χ1v) is 12.1. The van der Waals surface area contributed by atoms with Gasteiger partial charge in [0.2, 0.25) is 0 Å². The summed E-state index contributed by atoms with van der Waals surface area (Å²) < 4.78 is 23.5. The molecule has 3 rings (SSSR count). The quantitative estimate of drug-likeness (QED) is 0.485. The minimum absolute atomic E-state index is 0.0119. The summed E-state index contributed by atoms with van der Waals surface area (Å²) in [5, 5.41) is 16.2. The van der Waals surface area contributed by atoms with E-state index in [1.807, 2.05) is 0 Å². The lowest BCUT2D eigenvalue weighted by molar-refractivity contribution is 0.0196. The van der Waals surface area contributed by atoms with E-state index in [1.54, 1.807) is 6.92 Å². The Morgan fingerprint density at radius 1 is 1.23 bits per heavy atom. The van der Waals surface area contributed by atoms with Crippen molar-refractivity contribution in [3.63, 3.8) is 0 Å². The summed E-state index contributed by atoms with van der Waals surface area (Å²) >= 11 is 12.3. The van der Waals surface area contributed by atoms with Gasteiger partial charge < -0.3 is 21.5 Å². The molecule has 31 heavy (non-hydrogen) atoms. The number of hydrogen-bond acceptors (Lipinski definition) is 8. The van der Waals surface area contributed by atoms with Gasteiger partial charge in [-0.1, -0.05) is 23.2 Å². The molecule has 0 aliphatic heterocycles. The van der Waals surface area contributed by atoms with E-state index in [0.717, 1.165) is 6.26 Å². The first-order valence-electron chi connectivity index (χ1n) is 9.48. The molecular weight excluding hydrogens is 465 g/mol. The van der Waals surface area contributed by atoms with Crippen LogP contribution in [-0.2, 0) is 9.84 Å². The van der Waals surface area contributed by atoms with Gasteiger partial charge in [-0.15, -0.1) is 0 Å². The van der Waals surface area contributed by atoms with Gasteiger partial charge in [0, 0.05) is 18.0 Å². The molecule has 0 radical (unpaired) electrons. The summed E-state index contributed by atoms with van der Waals surface area (Å²) in [5.74, 6) is -0.527. The summed E-state index contributed by atoms with van der Waals surface area (Å²) in [6, 6.07) is 4.26. The Bertz CT molecular complexity index is 1110. The van der Waals surface area contributed by atoms with Gasteiger partial charge >= 0.3 is 0 Å². The number of amides is 1. The number of anilines is 3. The van der Waals surface area contributed by atoms with Crippen LogP contribution in [0.5, 0.6) is 0 Å². The number of nitrogens with zero attached hydrogens (tertiary/aromatic N) is 2. The normalized spacial score (nSPS) is 21.5. The summed E-state index contributed by atoms with van der Waals surface area (Å²) in [6.45, 7) is 1.81. The molecule has 1 heterocycles. The van der Waals surface area contributed by atoms with Crippen molar-refractivity contribution in [2.24, 2.45) is 5.73 Å². The van der Waals surface area contributed by atoms with Gasteiger partial charge in [0.15, 0.2) is 32.3 Å². The van der Waals surface area contributed by atoms with Gasteiger partial charge in [-0.05, 0) is 50.8 Å². The lowest BCUT2D eigenvalue weighted by Crippen LogP contribution is -2.36. The first-order chi connectivity index (χ1) is 14.4. The fraction of sp³-hybridized carbons (Fsp3) is 0.421. The number of nitrogens with two attached hydrogens (primary N) is 1. The summed E-state index contributed by atoms with van der Waals surface area (Å²) in [7, 11) is -3.49. The van der Waals surface area contributed by atoms with Crippen molar-refractivity contribution in [3.8, 4) is 0 Å². The van der Waals surface area contributed by atoms with Crippen molar-refractivity contribution in [1.29, 1.82) is 0 Å². The third-order valence-electron chi connectivity index (χ3n) is 5.08. The largest absolute Gasteiger partial charge is 0.390 e. The Hall–Kier alpha value is -2.14. The number of halogens is 2. The molecule has 2 aromatic rings. The van der Waals surface area contributed by atoms with Crippen molar-refractivity contribution in [3.05, 3.63) is 34.1 Å². The van der Waals surface area contributed by atoms with Crippen molar-refractivity contribution in [1.82, 2.24) is 9.97 Å². The molecule has 0 saturated heterocycles. The average Bonchev–Trinajstić information content (AvgIpc) is 2.64. The molecule has 168 valence electrons. The molecule has 1 fully saturated rings. The second-order valence-corrected chi connectivity index (χ2v) is 10.6. The van der Waals surface area contributed by atoms with Gasteiger partial charge in [-0.25, -0.2) is 18.4 Å². The highest BCUT2D eigenvalue weighted by atomic mass is 35.5. The predicted octanol–water partition coefficient (Wildman–Crippen LogP) is 3.13. The number of carbonyl (C=O) groups is 1. The van der Waals surface area contributed by atoms with E-state index in [9.17, 15) is 18.3 Å². The molecular formula is C19H23Cl2N5O4S. The number of primary amides is 1. The van der Waals surface area contributed by atoms with Crippen LogP contribution in [0.4, 0.5) is 17.3 Å². The maximum Gasteiger partial charge on any atom is 0.271 e. The highest BCUT2D eigenvalue weighted by Crippen LogP contribution is 2.32. The number of hydrogen-bond donors (Lipinski definition) is 4. The third kappa shape index (κ3) is 5.76. The number of carbonyl (C=O) groups excluding carboxylic acids is 1. The van der Waals surface area contributed by atoms with E-state index in [-0.39, 0.29) is 38.4 Å². The number of benzene rings is 1. The SMILES string of the molecule is CS(=O)(=O)c1ccc(Nc2nc(N[C@H]3CC[C@](C)(O)CC3)c(Cl)nc2C(N)=O)cc1Cl. The van der Waals surface area contributed by atoms with Crippen molar-refractivity contribution < 1.29 is 18.3 Å². The summed E-state index contributed by atoms with van der Waals surface area (Å²) in [5.41, 5.74) is 4.94. The van der Waals surface area contributed by atoms with Crippen molar-refractivity contribution in [2.75, 3.05) is 16.9 Å². The van der Waals surface area contributed by atoms with Gasteiger partial charge in [-0.2, -0.15) is 0 Å². The molecule has 1 aromatic heterocycles. The molecule has 1 aliphatic carbocycles. The Kier molecular flexibility index (Phi) is 6.66. The second-order valence-electron chi connectivity index (χ2n) is 7.88. The molecule has 1 aliphatic rings. The number of aromatic nitrogens is 2. The van der Waals surface area contributed by atoms with Crippen LogP contribution in [0.25, 0.3) is 0 Å². The standard InChI is InChI=1S/C19H23Cl2N5O4S/c1-19(28)7-5-10(6-8-19)23-18-15(21)25-14(16(22)27)17(26-18)24-11-3-4-13(12(20)9-11)31(2,29)30/h3-4,9-10,28H,5-8H2,1-2H3,(H2,22,27)(H2,23,24,26)/t10-,19-. The van der Waals surface area contributed by atoms with Crippen LogP contribution in [0.3, 0.4) is 0 Å². The fourth-order valence-electron chi connectivity index (χ4n) is 3.36. The van der Waals surface area contributed by atoms with Crippen LogP contribution in [0, 0.1) is 0 Å². The predicted molar refractivity (Wildman–Crippen MR) is 120 cm³/mol. The molecule has 12 heteroatoms. The Morgan fingerprint density at radius 3 is 2.42 bits per heavy atom. The molecule has 5 N–H and O–H groups in total. The zero-order valence-corrected chi connectivity index (χ0v) is 19.3. The molecule has 9 nitrogen and oxygen atoms in total. The maximum absolute atomic E-state index is 11.9. The molecule has 1 saturated carbocycles. The third-order valence-corrected chi connectivity index (χ3v) is 6.93.